The highest BCUT2D eigenvalue weighted by molar-refractivity contribution is 5.93. The van der Waals surface area contributed by atoms with Gasteiger partial charge in [-0.3, -0.25) is 4.79 Å². The van der Waals surface area contributed by atoms with Gasteiger partial charge in [0.25, 0.3) is 5.91 Å². The third-order valence-corrected chi connectivity index (χ3v) is 4.20. The zero-order valence-electron chi connectivity index (χ0n) is 12.5. The van der Waals surface area contributed by atoms with Gasteiger partial charge in [-0.15, -0.1) is 0 Å². The minimum absolute atomic E-state index is 0.166. The number of benzene rings is 1. The summed E-state index contributed by atoms with van der Waals surface area (Å²) in [4.78, 5) is 12.3. The van der Waals surface area contributed by atoms with Crippen molar-refractivity contribution in [1.82, 2.24) is 10.5 Å². The van der Waals surface area contributed by atoms with Crippen molar-refractivity contribution in [3.8, 4) is 0 Å². The molecule has 1 aromatic carbocycles. The molecule has 0 fully saturated rings. The third kappa shape index (κ3) is 2.84. The van der Waals surface area contributed by atoms with Crippen LogP contribution in [0.1, 0.15) is 46.3 Å². The molecule has 0 radical (unpaired) electrons. The summed E-state index contributed by atoms with van der Waals surface area (Å²) >= 11 is 0. The number of rotatable bonds is 3. The molecule has 1 aliphatic rings. The summed E-state index contributed by atoms with van der Waals surface area (Å²) in [5.41, 5.74) is 4.24. The Labute approximate surface area is 124 Å². The SMILES string of the molecule is Cc1ccccc1CNC(=O)c1onc2c1CC(C)CC2. The van der Waals surface area contributed by atoms with Crippen LogP contribution in [0.5, 0.6) is 0 Å². The van der Waals surface area contributed by atoms with Crippen molar-refractivity contribution in [2.24, 2.45) is 5.92 Å². The van der Waals surface area contributed by atoms with E-state index in [1.165, 1.54) is 5.56 Å². The Morgan fingerprint density at radius 2 is 2.24 bits per heavy atom. The van der Waals surface area contributed by atoms with Gasteiger partial charge >= 0.3 is 0 Å². The van der Waals surface area contributed by atoms with Crippen LogP contribution in [0.3, 0.4) is 0 Å². The highest BCUT2D eigenvalue weighted by Crippen LogP contribution is 2.27. The third-order valence-electron chi connectivity index (χ3n) is 4.20. The van der Waals surface area contributed by atoms with Gasteiger partial charge in [0.1, 0.15) is 0 Å². The summed E-state index contributed by atoms with van der Waals surface area (Å²) in [6.45, 7) is 4.75. The van der Waals surface area contributed by atoms with E-state index in [9.17, 15) is 4.79 Å². The molecule has 1 N–H and O–H groups in total. The molecule has 1 aromatic heterocycles. The second-order valence-corrected chi connectivity index (χ2v) is 5.89. The summed E-state index contributed by atoms with van der Waals surface area (Å²) < 4.78 is 5.28. The maximum atomic E-state index is 12.3. The van der Waals surface area contributed by atoms with E-state index in [-0.39, 0.29) is 5.91 Å². The first-order chi connectivity index (χ1) is 10.1. The molecule has 1 unspecified atom stereocenters. The van der Waals surface area contributed by atoms with Crippen LogP contribution >= 0.6 is 0 Å². The van der Waals surface area contributed by atoms with Crippen molar-refractivity contribution in [1.29, 1.82) is 0 Å². The fraction of sp³-hybridized carbons (Fsp3) is 0.412. The first-order valence-corrected chi connectivity index (χ1v) is 7.45. The predicted octanol–water partition coefficient (Wildman–Crippen LogP) is 3.04. The zero-order valence-corrected chi connectivity index (χ0v) is 12.5. The fourth-order valence-corrected chi connectivity index (χ4v) is 2.83. The van der Waals surface area contributed by atoms with E-state index in [4.69, 9.17) is 4.52 Å². The molecule has 110 valence electrons. The summed E-state index contributed by atoms with van der Waals surface area (Å²) in [7, 11) is 0. The number of aryl methyl sites for hydroxylation is 2. The van der Waals surface area contributed by atoms with Crippen molar-refractivity contribution in [3.05, 3.63) is 52.4 Å². The number of aromatic nitrogens is 1. The van der Waals surface area contributed by atoms with Gasteiger partial charge in [-0.05, 0) is 43.2 Å². The van der Waals surface area contributed by atoms with Gasteiger partial charge in [-0.25, -0.2) is 0 Å². The molecule has 4 heteroatoms. The smallest absolute Gasteiger partial charge is 0.290 e. The maximum Gasteiger partial charge on any atom is 0.290 e. The van der Waals surface area contributed by atoms with E-state index in [0.29, 0.717) is 18.2 Å². The van der Waals surface area contributed by atoms with Crippen LogP contribution in [0.2, 0.25) is 0 Å². The molecule has 1 amide bonds. The topological polar surface area (TPSA) is 55.1 Å². The lowest BCUT2D eigenvalue weighted by Gasteiger charge is -2.16. The van der Waals surface area contributed by atoms with Crippen LogP contribution in [0, 0.1) is 12.8 Å². The molecule has 1 atom stereocenters. The maximum absolute atomic E-state index is 12.3. The molecule has 1 heterocycles. The summed E-state index contributed by atoms with van der Waals surface area (Å²) in [5, 5.41) is 6.98. The monoisotopic (exact) mass is 284 g/mol. The quantitative estimate of drug-likeness (QED) is 0.942. The minimum atomic E-state index is -0.166. The van der Waals surface area contributed by atoms with Gasteiger partial charge < -0.3 is 9.84 Å². The number of carbonyl (C=O) groups excluding carboxylic acids is 1. The number of fused-ring (bicyclic) bond motifs is 1. The summed E-state index contributed by atoms with van der Waals surface area (Å²) in [6, 6.07) is 8.04. The highest BCUT2D eigenvalue weighted by atomic mass is 16.5. The molecule has 2 aromatic rings. The lowest BCUT2D eigenvalue weighted by Crippen LogP contribution is -2.24. The van der Waals surface area contributed by atoms with Crippen LogP contribution in [0.4, 0.5) is 0 Å². The van der Waals surface area contributed by atoms with E-state index >= 15 is 0 Å². The second kappa shape index (κ2) is 5.72. The Morgan fingerprint density at radius 3 is 3.05 bits per heavy atom. The minimum Gasteiger partial charge on any atom is -0.350 e. The molecule has 3 rings (SSSR count). The Kier molecular flexibility index (Phi) is 3.78. The van der Waals surface area contributed by atoms with E-state index in [1.54, 1.807) is 0 Å². The van der Waals surface area contributed by atoms with Crippen LogP contribution in [-0.4, -0.2) is 11.1 Å². The first-order valence-electron chi connectivity index (χ1n) is 7.45. The molecule has 0 aliphatic heterocycles. The molecule has 1 aliphatic carbocycles. The Bertz CT molecular complexity index is 661. The number of amides is 1. The Hall–Kier alpha value is -2.10. The van der Waals surface area contributed by atoms with Crippen LogP contribution in [0.25, 0.3) is 0 Å². The number of nitrogens with zero attached hydrogens (tertiary/aromatic N) is 1. The van der Waals surface area contributed by atoms with Crippen molar-refractivity contribution in [2.75, 3.05) is 0 Å². The van der Waals surface area contributed by atoms with Crippen molar-refractivity contribution < 1.29 is 9.32 Å². The number of hydrogen-bond acceptors (Lipinski definition) is 3. The lowest BCUT2D eigenvalue weighted by molar-refractivity contribution is 0.0912. The largest absolute Gasteiger partial charge is 0.350 e. The van der Waals surface area contributed by atoms with E-state index in [2.05, 4.69) is 17.4 Å². The summed E-state index contributed by atoms with van der Waals surface area (Å²) in [6.07, 6.45) is 2.90. The van der Waals surface area contributed by atoms with E-state index in [0.717, 1.165) is 36.1 Å². The van der Waals surface area contributed by atoms with Crippen molar-refractivity contribution in [2.45, 2.75) is 39.7 Å². The first kappa shape index (κ1) is 13.9. The predicted molar refractivity (Wildman–Crippen MR) is 80.0 cm³/mol. The molecule has 0 saturated carbocycles. The van der Waals surface area contributed by atoms with Crippen molar-refractivity contribution in [3.63, 3.8) is 0 Å². The normalized spacial score (nSPS) is 17.3. The fourth-order valence-electron chi connectivity index (χ4n) is 2.83. The lowest BCUT2D eigenvalue weighted by atomic mass is 9.88. The molecule has 21 heavy (non-hydrogen) atoms. The highest BCUT2D eigenvalue weighted by Gasteiger charge is 2.26. The van der Waals surface area contributed by atoms with Crippen LogP contribution in [-0.2, 0) is 19.4 Å². The average molecular weight is 284 g/mol. The summed E-state index contributed by atoms with van der Waals surface area (Å²) in [5.74, 6) is 0.811. The Morgan fingerprint density at radius 1 is 1.43 bits per heavy atom. The number of carbonyl (C=O) groups is 1. The number of hydrogen-bond donors (Lipinski definition) is 1. The van der Waals surface area contributed by atoms with Crippen molar-refractivity contribution >= 4 is 5.91 Å². The standard InChI is InChI=1S/C17H20N2O2/c1-11-7-8-15-14(9-11)16(21-19-15)17(20)18-10-13-6-4-3-5-12(13)2/h3-6,11H,7-10H2,1-2H3,(H,18,20). The molecular formula is C17H20N2O2. The van der Waals surface area contributed by atoms with Gasteiger partial charge in [0, 0.05) is 12.1 Å². The molecule has 0 spiro atoms. The second-order valence-electron chi connectivity index (χ2n) is 5.89. The van der Waals surface area contributed by atoms with Gasteiger partial charge in [0.2, 0.25) is 5.76 Å². The van der Waals surface area contributed by atoms with Gasteiger partial charge in [0.15, 0.2) is 0 Å². The molecule has 4 nitrogen and oxygen atoms in total. The van der Waals surface area contributed by atoms with Crippen LogP contribution in [0.15, 0.2) is 28.8 Å². The molecule has 0 bridgehead atoms. The zero-order chi connectivity index (χ0) is 14.8. The van der Waals surface area contributed by atoms with E-state index in [1.807, 2.05) is 31.2 Å². The molecular weight excluding hydrogens is 264 g/mol. The number of nitrogens with one attached hydrogen (secondary N) is 1. The van der Waals surface area contributed by atoms with Gasteiger partial charge in [-0.2, -0.15) is 0 Å². The van der Waals surface area contributed by atoms with E-state index < -0.39 is 0 Å². The van der Waals surface area contributed by atoms with Gasteiger partial charge in [0.05, 0.1) is 5.69 Å². The Balaban J connectivity index is 1.72. The average Bonchev–Trinajstić information content (AvgIpc) is 2.89. The van der Waals surface area contributed by atoms with Gasteiger partial charge in [-0.1, -0.05) is 36.3 Å². The van der Waals surface area contributed by atoms with Crippen LogP contribution < -0.4 is 5.32 Å². The molecule has 0 saturated heterocycles.